The fourth-order valence-electron chi connectivity index (χ4n) is 1.72. The second-order valence-corrected chi connectivity index (χ2v) is 4.28. The maximum absolute atomic E-state index is 13.8. The van der Waals surface area contributed by atoms with Gasteiger partial charge in [-0.15, -0.1) is 0 Å². The van der Waals surface area contributed by atoms with E-state index in [1.807, 2.05) is 0 Å². The molecule has 20 heavy (non-hydrogen) atoms. The number of hydrogen-bond donors (Lipinski definition) is 1. The van der Waals surface area contributed by atoms with Crippen molar-refractivity contribution in [3.05, 3.63) is 64.7 Å². The summed E-state index contributed by atoms with van der Waals surface area (Å²) in [5.41, 5.74) is 0.149. The van der Waals surface area contributed by atoms with Crippen LogP contribution in [0.15, 0.2) is 36.4 Å². The van der Waals surface area contributed by atoms with Gasteiger partial charge in [-0.1, -0.05) is 12.1 Å². The molecule has 0 radical (unpaired) electrons. The normalized spacial score (nSPS) is 10.3. The summed E-state index contributed by atoms with van der Waals surface area (Å²) in [5.74, 6) is -2.11. The Morgan fingerprint density at radius 2 is 2.00 bits per heavy atom. The Bertz CT molecular complexity index is 654. The SMILES string of the molecule is Cc1cc(OCc2cccc(C(=O)O)c2F)ccc1F. The van der Waals surface area contributed by atoms with E-state index in [-0.39, 0.29) is 18.0 Å². The van der Waals surface area contributed by atoms with Crippen LogP contribution in [0.2, 0.25) is 0 Å². The van der Waals surface area contributed by atoms with Crippen molar-refractivity contribution in [2.45, 2.75) is 13.5 Å². The van der Waals surface area contributed by atoms with Crippen molar-refractivity contribution in [1.82, 2.24) is 0 Å². The molecule has 0 fully saturated rings. The molecule has 0 saturated heterocycles. The van der Waals surface area contributed by atoms with Crippen molar-refractivity contribution >= 4 is 5.97 Å². The maximum Gasteiger partial charge on any atom is 0.338 e. The van der Waals surface area contributed by atoms with Gasteiger partial charge in [-0.2, -0.15) is 0 Å². The number of carboxylic acids is 1. The zero-order valence-corrected chi connectivity index (χ0v) is 10.7. The molecule has 0 bridgehead atoms. The zero-order valence-electron chi connectivity index (χ0n) is 10.7. The van der Waals surface area contributed by atoms with E-state index in [1.165, 1.54) is 36.4 Å². The first-order valence-electron chi connectivity index (χ1n) is 5.88. The van der Waals surface area contributed by atoms with Crippen molar-refractivity contribution in [2.24, 2.45) is 0 Å². The molecule has 2 aromatic carbocycles. The first-order valence-corrected chi connectivity index (χ1v) is 5.88. The lowest BCUT2D eigenvalue weighted by molar-refractivity contribution is 0.0691. The van der Waals surface area contributed by atoms with Gasteiger partial charge in [0.2, 0.25) is 0 Å². The number of ether oxygens (including phenoxy) is 1. The Hall–Kier alpha value is -2.43. The average molecular weight is 278 g/mol. The Morgan fingerprint density at radius 3 is 2.65 bits per heavy atom. The monoisotopic (exact) mass is 278 g/mol. The van der Waals surface area contributed by atoms with Gasteiger partial charge in [-0.3, -0.25) is 0 Å². The van der Waals surface area contributed by atoms with Crippen LogP contribution in [-0.4, -0.2) is 11.1 Å². The molecule has 3 nitrogen and oxygen atoms in total. The van der Waals surface area contributed by atoms with E-state index in [1.54, 1.807) is 6.92 Å². The molecule has 0 aliphatic rings. The quantitative estimate of drug-likeness (QED) is 0.930. The second kappa shape index (κ2) is 5.69. The number of rotatable bonds is 4. The highest BCUT2D eigenvalue weighted by Gasteiger charge is 2.14. The van der Waals surface area contributed by atoms with Gasteiger partial charge >= 0.3 is 5.97 Å². The lowest BCUT2D eigenvalue weighted by Crippen LogP contribution is -2.06. The molecule has 5 heteroatoms. The predicted octanol–water partition coefficient (Wildman–Crippen LogP) is 3.55. The Balaban J connectivity index is 2.17. The molecule has 0 heterocycles. The Kier molecular flexibility index (Phi) is 3.98. The van der Waals surface area contributed by atoms with Gasteiger partial charge < -0.3 is 9.84 Å². The van der Waals surface area contributed by atoms with Crippen molar-refractivity contribution in [1.29, 1.82) is 0 Å². The van der Waals surface area contributed by atoms with Gasteiger partial charge in [0.1, 0.15) is 24.0 Å². The summed E-state index contributed by atoms with van der Waals surface area (Å²) in [7, 11) is 0. The molecule has 0 amide bonds. The number of benzene rings is 2. The summed E-state index contributed by atoms with van der Waals surface area (Å²) in [6.07, 6.45) is 0. The number of aromatic carboxylic acids is 1. The molecule has 1 N–H and O–H groups in total. The number of halogens is 2. The number of aryl methyl sites for hydroxylation is 1. The van der Waals surface area contributed by atoms with Crippen LogP contribution >= 0.6 is 0 Å². The van der Waals surface area contributed by atoms with Crippen LogP contribution in [0.25, 0.3) is 0 Å². The molecule has 0 aliphatic heterocycles. The first-order chi connectivity index (χ1) is 9.49. The van der Waals surface area contributed by atoms with E-state index in [9.17, 15) is 13.6 Å². The highest BCUT2D eigenvalue weighted by atomic mass is 19.1. The van der Waals surface area contributed by atoms with Crippen molar-refractivity contribution < 1.29 is 23.4 Å². The summed E-state index contributed by atoms with van der Waals surface area (Å²) in [4.78, 5) is 10.8. The summed E-state index contributed by atoms with van der Waals surface area (Å²) < 4.78 is 32.3. The fourth-order valence-corrected chi connectivity index (χ4v) is 1.72. The molecule has 2 aromatic rings. The average Bonchev–Trinajstić information content (AvgIpc) is 2.41. The molecule has 0 aliphatic carbocycles. The van der Waals surface area contributed by atoms with Crippen LogP contribution in [0.3, 0.4) is 0 Å². The largest absolute Gasteiger partial charge is 0.489 e. The first kappa shape index (κ1) is 14.0. The zero-order chi connectivity index (χ0) is 14.7. The molecule has 104 valence electrons. The number of carboxylic acid groups (broad SMARTS) is 1. The third-order valence-corrected chi connectivity index (χ3v) is 2.83. The van der Waals surface area contributed by atoms with Crippen molar-refractivity contribution in [3.8, 4) is 5.75 Å². The standard InChI is InChI=1S/C15H12F2O3/c1-9-7-11(5-6-13(9)16)20-8-10-3-2-4-12(14(10)17)15(18)19/h2-7H,8H2,1H3,(H,18,19). The van der Waals surface area contributed by atoms with Gasteiger partial charge in [-0.25, -0.2) is 13.6 Å². The molecule has 0 unspecified atom stereocenters. The van der Waals surface area contributed by atoms with Crippen LogP contribution < -0.4 is 4.74 Å². The lowest BCUT2D eigenvalue weighted by atomic mass is 10.1. The summed E-state index contributed by atoms with van der Waals surface area (Å²) in [5, 5.41) is 8.82. The van der Waals surface area contributed by atoms with Gasteiger partial charge in [-0.05, 0) is 36.8 Å². The van der Waals surface area contributed by atoms with Crippen molar-refractivity contribution in [2.75, 3.05) is 0 Å². The minimum absolute atomic E-state index is 0.127. The summed E-state index contributed by atoms with van der Waals surface area (Å²) in [6.45, 7) is 1.46. The summed E-state index contributed by atoms with van der Waals surface area (Å²) >= 11 is 0. The molecule has 0 atom stereocenters. The molecular weight excluding hydrogens is 266 g/mol. The van der Waals surface area contributed by atoms with Gasteiger partial charge in [0.05, 0.1) is 5.56 Å². The molecule has 0 aromatic heterocycles. The van der Waals surface area contributed by atoms with Gasteiger partial charge in [0.15, 0.2) is 0 Å². The molecule has 2 rings (SSSR count). The van der Waals surface area contributed by atoms with E-state index in [0.717, 1.165) is 0 Å². The third-order valence-electron chi connectivity index (χ3n) is 2.83. The predicted molar refractivity (Wildman–Crippen MR) is 68.8 cm³/mol. The minimum atomic E-state index is -1.33. The molecule has 0 spiro atoms. The number of hydrogen-bond acceptors (Lipinski definition) is 2. The smallest absolute Gasteiger partial charge is 0.338 e. The van der Waals surface area contributed by atoms with Crippen LogP contribution in [0.1, 0.15) is 21.5 Å². The Labute approximate surface area is 114 Å². The van der Waals surface area contributed by atoms with Crippen LogP contribution in [0.5, 0.6) is 5.75 Å². The van der Waals surface area contributed by atoms with Crippen molar-refractivity contribution in [3.63, 3.8) is 0 Å². The van der Waals surface area contributed by atoms with E-state index in [2.05, 4.69) is 0 Å². The lowest BCUT2D eigenvalue weighted by Gasteiger charge is -2.09. The number of carbonyl (C=O) groups is 1. The molecular formula is C15H12F2O3. The van der Waals surface area contributed by atoms with E-state index < -0.39 is 17.3 Å². The van der Waals surface area contributed by atoms with E-state index >= 15 is 0 Å². The third kappa shape index (κ3) is 2.93. The molecule has 0 saturated carbocycles. The topological polar surface area (TPSA) is 46.5 Å². The van der Waals surface area contributed by atoms with Crippen LogP contribution in [-0.2, 0) is 6.61 Å². The van der Waals surface area contributed by atoms with Crippen LogP contribution in [0.4, 0.5) is 8.78 Å². The highest BCUT2D eigenvalue weighted by Crippen LogP contribution is 2.19. The van der Waals surface area contributed by atoms with Crippen LogP contribution in [0, 0.1) is 18.6 Å². The van der Waals surface area contributed by atoms with E-state index in [4.69, 9.17) is 9.84 Å². The van der Waals surface area contributed by atoms with Gasteiger partial charge in [0.25, 0.3) is 0 Å². The maximum atomic E-state index is 13.8. The Morgan fingerprint density at radius 1 is 1.25 bits per heavy atom. The van der Waals surface area contributed by atoms with E-state index in [0.29, 0.717) is 11.3 Å². The fraction of sp³-hybridized carbons (Fsp3) is 0.133. The highest BCUT2D eigenvalue weighted by molar-refractivity contribution is 5.88. The second-order valence-electron chi connectivity index (χ2n) is 4.28. The minimum Gasteiger partial charge on any atom is -0.489 e. The van der Waals surface area contributed by atoms with Gasteiger partial charge in [0, 0.05) is 5.56 Å². The summed E-state index contributed by atoms with van der Waals surface area (Å²) in [6, 6.07) is 8.26.